The molecule has 0 saturated carbocycles. The molecule has 4 N–H and O–H groups in total. The van der Waals surface area contributed by atoms with Gasteiger partial charge in [-0.05, 0) is 40.0 Å². The lowest BCUT2D eigenvalue weighted by Crippen LogP contribution is -2.44. The van der Waals surface area contributed by atoms with Crippen LogP contribution in [0.1, 0.15) is 40.5 Å². The third-order valence-electron chi connectivity index (χ3n) is 3.95. The van der Waals surface area contributed by atoms with Gasteiger partial charge in [0.15, 0.2) is 0 Å². The molecule has 0 spiro atoms. The first-order valence-electron chi connectivity index (χ1n) is 6.63. The van der Waals surface area contributed by atoms with Gasteiger partial charge in [-0.1, -0.05) is 27.7 Å². The van der Waals surface area contributed by atoms with Gasteiger partial charge in [-0.2, -0.15) is 0 Å². The van der Waals surface area contributed by atoms with E-state index >= 15 is 0 Å². The van der Waals surface area contributed by atoms with Crippen LogP contribution in [-0.4, -0.2) is 55.1 Å². The van der Waals surface area contributed by atoms with Crippen molar-refractivity contribution in [1.29, 1.82) is 0 Å². The molecule has 0 radical (unpaired) electrons. The smallest absolute Gasteiger partial charge is 0.106 e. The molecule has 4 nitrogen and oxygen atoms in total. The Balaban J connectivity index is 2.95. The first-order valence-corrected chi connectivity index (χ1v) is 9.73. The number of rotatable bonds is 4. The molecule has 108 valence electrons. The Kier molecular flexibility index (Phi) is 6.44. The number of aliphatic hydroxyl groups is 4. The quantitative estimate of drug-likeness (QED) is 0.597. The van der Waals surface area contributed by atoms with E-state index in [0.717, 1.165) is 12.8 Å². The molecule has 0 bridgehead atoms. The second kappa shape index (κ2) is 6.92. The number of hydrogen-bond acceptors (Lipinski definition) is 4. The highest BCUT2D eigenvalue weighted by molar-refractivity contribution is 7.67. The minimum atomic E-state index is -1.16. The van der Waals surface area contributed by atoms with Gasteiger partial charge in [-0.3, -0.25) is 0 Å². The van der Waals surface area contributed by atoms with Gasteiger partial charge in [-0.25, -0.2) is 0 Å². The van der Waals surface area contributed by atoms with Crippen LogP contribution in [0.2, 0.25) is 0 Å². The molecule has 0 aromatic rings. The zero-order valence-electron chi connectivity index (χ0n) is 11.6. The number of aliphatic hydroxyl groups excluding tert-OH is 4. The highest BCUT2D eigenvalue weighted by atomic mass is 31.1. The van der Waals surface area contributed by atoms with Crippen molar-refractivity contribution in [2.24, 2.45) is 0 Å². The highest BCUT2D eigenvalue weighted by Gasteiger charge is 2.50. The maximum absolute atomic E-state index is 10.3. The van der Waals surface area contributed by atoms with Crippen molar-refractivity contribution in [1.82, 2.24) is 0 Å². The summed E-state index contributed by atoms with van der Waals surface area (Å²) in [6.07, 6.45) is 1.67. The van der Waals surface area contributed by atoms with Crippen LogP contribution in [0.3, 0.4) is 0 Å². The normalized spacial score (nSPS) is 44.7. The van der Waals surface area contributed by atoms with Gasteiger partial charge in [0.05, 0.1) is 0 Å². The third kappa shape index (κ3) is 3.06. The molecule has 6 unspecified atom stereocenters. The molecule has 6 atom stereocenters. The molecule has 1 rings (SSSR count). The fourth-order valence-electron chi connectivity index (χ4n) is 2.39. The van der Waals surface area contributed by atoms with Crippen LogP contribution >= 0.6 is 15.8 Å². The van der Waals surface area contributed by atoms with Gasteiger partial charge in [0.1, 0.15) is 23.4 Å². The zero-order chi connectivity index (χ0) is 14.0. The van der Waals surface area contributed by atoms with Gasteiger partial charge in [0.25, 0.3) is 0 Å². The molecule has 0 aliphatic carbocycles. The van der Waals surface area contributed by atoms with E-state index < -0.39 is 39.2 Å². The summed E-state index contributed by atoms with van der Waals surface area (Å²) >= 11 is 0. The van der Waals surface area contributed by atoms with Gasteiger partial charge in [0.2, 0.25) is 0 Å². The van der Waals surface area contributed by atoms with Gasteiger partial charge in [-0.15, -0.1) is 0 Å². The molecule has 0 aromatic heterocycles. The summed E-state index contributed by atoms with van der Waals surface area (Å²) in [5.41, 5.74) is 0.284. The fourth-order valence-corrected chi connectivity index (χ4v) is 9.03. The van der Waals surface area contributed by atoms with Gasteiger partial charge >= 0.3 is 0 Å². The fraction of sp³-hybridized carbons (Fsp3) is 1.00. The summed E-state index contributed by atoms with van der Waals surface area (Å²) < 4.78 is 0. The monoisotopic (exact) mass is 296 g/mol. The van der Waals surface area contributed by atoms with Crippen LogP contribution in [-0.2, 0) is 0 Å². The van der Waals surface area contributed by atoms with Crippen molar-refractivity contribution in [2.75, 3.05) is 0 Å². The SMILES string of the molecule is CCC(C)P1C(O)C(O)P(C(C)CC)C(O)C1O. The second-order valence-electron chi connectivity index (χ2n) is 5.06. The Morgan fingerprint density at radius 1 is 0.722 bits per heavy atom. The first-order chi connectivity index (χ1) is 8.36. The van der Waals surface area contributed by atoms with Crippen molar-refractivity contribution in [3.63, 3.8) is 0 Å². The van der Waals surface area contributed by atoms with E-state index in [2.05, 4.69) is 0 Å². The van der Waals surface area contributed by atoms with Crippen molar-refractivity contribution in [3.05, 3.63) is 0 Å². The van der Waals surface area contributed by atoms with Crippen LogP contribution in [0, 0.1) is 0 Å². The lowest BCUT2D eigenvalue weighted by molar-refractivity contribution is 0.0761. The van der Waals surface area contributed by atoms with Crippen LogP contribution < -0.4 is 0 Å². The van der Waals surface area contributed by atoms with Crippen LogP contribution in [0.25, 0.3) is 0 Å². The molecular weight excluding hydrogens is 270 g/mol. The van der Waals surface area contributed by atoms with Crippen molar-refractivity contribution in [2.45, 2.75) is 75.2 Å². The topological polar surface area (TPSA) is 80.9 Å². The lowest BCUT2D eigenvalue weighted by atomic mass is 10.4. The Labute approximate surface area is 112 Å². The lowest BCUT2D eigenvalue weighted by Gasteiger charge is -2.48. The molecule has 1 heterocycles. The molecule has 1 aliphatic heterocycles. The Morgan fingerprint density at radius 3 is 1.11 bits per heavy atom. The predicted molar refractivity (Wildman–Crippen MR) is 77.4 cm³/mol. The third-order valence-corrected chi connectivity index (χ3v) is 10.8. The number of hydrogen-bond donors (Lipinski definition) is 4. The van der Waals surface area contributed by atoms with Gasteiger partial charge < -0.3 is 20.4 Å². The summed E-state index contributed by atoms with van der Waals surface area (Å²) in [5, 5.41) is 41.1. The largest absolute Gasteiger partial charge is 0.385 e. The van der Waals surface area contributed by atoms with E-state index in [1.165, 1.54) is 0 Å². The standard InChI is InChI=1S/C12H26O4P2/c1-5-7(3)17-9(13)11(15)18(8(4)6-2)12(16)10(17)14/h7-16H,5-6H2,1-4H3. The Bertz CT molecular complexity index is 224. The second-order valence-corrected chi connectivity index (χ2v) is 10.7. The summed E-state index contributed by atoms with van der Waals surface area (Å²) in [5.74, 6) is -3.47. The van der Waals surface area contributed by atoms with Gasteiger partial charge in [0, 0.05) is 0 Å². The van der Waals surface area contributed by atoms with Crippen LogP contribution in [0.15, 0.2) is 0 Å². The summed E-state index contributed by atoms with van der Waals surface area (Å²) in [6.45, 7) is 7.93. The van der Waals surface area contributed by atoms with Crippen molar-refractivity contribution >= 4 is 15.8 Å². The predicted octanol–water partition coefficient (Wildman–Crippen LogP) is 1.83. The Hall–Kier alpha value is 0.700. The molecule has 1 fully saturated rings. The summed E-state index contributed by atoms with van der Waals surface area (Å²) in [7, 11) is -2.33. The van der Waals surface area contributed by atoms with Crippen molar-refractivity contribution < 1.29 is 20.4 Å². The summed E-state index contributed by atoms with van der Waals surface area (Å²) in [6, 6.07) is 0. The van der Waals surface area contributed by atoms with E-state index in [0.29, 0.717) is 0 Å². The minimum Gasteiger partial charge on any atom is -0.385 e. The Morgan fingerprint density at radius 2 is 0.944 bits per heavy atom. The van der Waals surface area contributed by atoms with Crippen LogP contribution in [0.5, 0.6) is 0 Å². The molecule has 0 amide bonds. The molecule has 1 saturated heterocycles. The van der Waals surface area contributed by atoms with E-state index in [9.17, 15) is 20.4 Å². The van der Waals surface area contributed by atoms with Crippen LogP contribution in [0.4, 0.5) is 0 Å². The first kappa shape index (κ1) is 16.8. The van der Waals surface area contributed by atoms with Crippen molar-refractivity contribution in [3.8, 4) is 0 Å². The minimum absolute atomic E-state index is 0.142. The van der Waals surface area contributed by atoms with E-state index in [1.54, 1.807) is 0 Å². The summed E-state index contributed by atoms with van der Waals surface area (Å²) in [4.78, 5) is 0. The van der Waals surface area contributed by atoms with E-state index in [-0.39, 0.29) is 11.3 Å². The maximum Gasteiger partial charge on any atom is 0.106 e. The molecule has 18 heavy (non-hydrogen) atoms. The maximum atomic E-state index is 10.3. The average Bonchev–Trinajstić information content (AvgIpc) is 2.36. The molecule has 0 aromatic carbocycles. The molecule has 6 heteroatoms. The highest BCUT2D eigenvalue weighted by Crippen LogP contribution is 2.67. The zero-order valence-corrected chi connectivity index (χ0v) is 13.4. The van der Waals surface area contributed by atoms with E-state index in [1.807, 2.05) is 27.7 Å². The molecule has 1 aliphatic rings. The molecular formula is C12H26O4P2. The van der Waals surface area contributed by atoms with E-state index in [4.69, 9.17) is 0 Å². The average molecular weight is 296 g/mol.